The highest BCUT2D eigenvalue weighted by molar-refractivity contribution is 7.92. The zero-order valence-corrected chi connectivity index (χ0v) is 15.5. The molecule has 26 heavy (non-hydrogen) atoms. The van der Waals surface area contributed by atoms with Crippen LogP contribution in [0.4, 0.5) is 20.2 Å². The van der Waals surface area contributed by atoms with E-state index in [0.717, 1.165) is 39.9 Å². The van der Waals surface area contributed by atoms with Crippen molar-refractivity contribution < 1.29 is 22.0 Å². The van der Waals surface area contributed by atoms with Gasteiger partial charge in [0.15, 0.2) is 11.6 Å². The van der Waals surface area contributed by atoms with Crippen molar-refractivity contribution >= 4 is 27.3 Å². The summed E-state index contributed by atoms with van der Waals surface area (Å²) in [6.07, 6.45) is 0.802. The van der Waals surface area contributed by atoms with Gasteiger partial charge in [-0.1, -0.05) is 12.1 Å². The summed E-state index contributed by atoms with van der Waals surface area (Å²) in [5.74, 6) is -2.61. The molecule has 0 aliphatic carbocycles. The highest BCUT2D eigenvalue weighted by Crippen LogP contribution is 2.21. The van der Waals surface area contributed by atoms with Crippen molar-refractivity contribution in [3.8, 4) is 0 Å². The Morgan fingerprint density at radius 2 is 1.77 bits per heavy atom. The van der Waals surface area contributed by atoms with E-state index in [1.54, 1.807) is 0 Å². The first-order valence-electron chi connectivity index (χ1n) is 7.88. The maximum absolute atomic E-state index is 13.4. The van der Waals surface area contributed by atoms with Gasteiger partial charge in [0.05, 0.1) is 11.9 Å². The number of hydrogen-bond donors (Lipinski definition) is 1. The number of carbonyl (C=O) groups excluding carboxylic acids is 1. The van der Waals surface area contributed by atoms with Gasteiger partial charge in [0, 0.05) is 24.7 Å². The lowest BCUT2D eigenvalue weighted by Crippen LogP contribution is -2.33. The third-order valence-corrected chi connectivity index (χ3v) is 4.99. The number of aryl methyl sites for hydroxylation is 2. The van der Waals surface area contributed by atoms with Crippen molar-refractivity contribution in [2.45, 2.75) is 20.3 Å². The van der Waals surface area contributed by atoms with E-state index < -0.39 is 21.7 Å². The molecule has 2 aromatic rings. The standard InChI is InChI=1S/C18H20F2N2O3S/c1-12-4-5-13(2)17(10-12)21-18(23)8-9-22(26(3,24)25)14-6-7-15(19)16(20)11-14/h4-7,10-11H,8-9H2,1-3H3,(H,21,23). The summed E-state index contributed by atoms with van der Waals surface area (Å²) >= 11 is 0. The number of amides is 1. The third-order valence-electron chi connectivity index (χ3n) is 3.80. The molecule has 0 aromatic heterocycles. The van der Waals surface area contributed by atoms with Crippen LogP contribution in [0.25, 0.3) is 0 Å². The fourth-order valence-corrected chi connectivity index (χ4v) is 3.33. The molecule has 0 atom stereocenters. The number of sulfonamides is 1. The van der Waals surface area contributed by atoms with Gasteiger partial charge in [-0.3, -0.25) is 9.10 Å². The lowest BCUT2D eigenvalue weighted by atomic mass is 10.1. The Bertz CT molecular complexity index is 930. The molecule has 0 unspecified atom stereocenters. The highest BCUT2D eigenvalue weighted by atomic mass is 32.2. The molecule has 1 N–H and O–H groups in total. The molecule has 0 saturated heterocycles. The van der Waals surface area contributed by atoms with Crippen molar-refractivity contribution in [3.05, 3.63) is 59.2 Å². The third kappa shape index (κ3) is 5.01. The van der Waals surface area contributed by atoms with Gasteiger partial charge in [0.25, 0.3) is 0 Å². The van der Waals surface area contributed by atoms with E-state index in [1.165, 1.54) is 0 Å². The Morgan fingerprint density at radius 1 is 1.08 bits per heavy atom. The number of nitrogens with zero attached hydrogens (tertiary/aromatic N) is 1. The Balaban J connectivity index is 2.13. The van der Waals surface area contributed by atoms with Crippen LogP contribution in [0.1, 0.15) is 17.5 Å². The summed E-state index contributed by atoms with van der Waals surface area (Å²) in [4.78, 5) is 12.2. The second-order valence-electron chi connectivity index (χ2n) is 6.05. The maximum Gasteiger partial charge on any atom is 0.232 e. The van der Waals surface area contributed by atoms with Crippen LogP contribution in [0.2, 0.25) is 0 Å². The van der Waals surface area contributed by atoms with Crippen LogP contribution in [-0.2, 0) is 14.8 Å². The molecular formula is C18H20F2N2O3S. The van der Waals surface area contributed by atoms with E-state index in [-0.39, 0.29) is 24.6 Å². The van der Waals surface area contributed by atoms with Gasteiger partial charge in [-0.2, -0.15) is 0 Å². The first-order valence-corrected chi connectivity index (χ1v) is 9.72. The van der Waals surface area contributed by atoms with Gasteiger partial charge in [-0.25, -0.2) is 17.2 Å². The molecule has 0 fully saturated rings. The predicted octanol–water partition coefficient (Wildman–Crippen LogP) is 3.38. The molecule has 0 spiro atoms. The van der Waals surface area contributed by atoms with Crippen LogP contribution in [0.15, 0.2) is 36.4 Å². The van der Waals surface area contributed by atoms with E-state index in [1.807, 2.05) is 32.0 Å². The molecule has 140 valence electrons. The molecule has 1 amide bonds. The molecule has 8 heteroatoms. The summed E-state index contributed by atoms with van der Waals surface area (Å²) < 4.78 is 51.3. The number of halogens is 2. The van der Waals surface area contributed by atoms with E-state index in [4.69, 9.17) is 0 Å². The summed E-state index contributed by atoms with van der Waals surface area (Å²) in [6, 6.07) is 8.39. The van der Waals surface area contributed by atoms with Crippen molar-refractivity contribution in [1.29, 1.82) is 0 Å². The predicted molar refractivity (Wildman–Crippen MR) is 97.7 cm³/mol. The van der Waals surface area contributed by atoms with Gasteiger partial charge in [0.1, 0.15) is 0 Å². The summed E-state index contributed by atoms with van der Waals surface area (Å²) in [7, 11) is -3.77. The molecule has 2 aromatic carbocycles. The van der Waals surface area contributed by atoms with Crippen LogP contribution in [0, 0.1) is 25.5 Å². The fourth-order valence-electron chi connectivity index (χ4n) is 2.41. The zero-order valence-electron chi connectivity index (χ0n) is 14.7. The SMILES string of the molecule is Cc1ccc(C)c(NC(=O)CCN(c2ccc(F)c(F)c2)S(C)(=O)=O)c1. The smallest absolute Gasteiger partial charge is 0.232 e. The van der Waals surface area contributed by atoms with Gasteiger partial charge >= 0.3 is 0 Å². The van der Waals surface area contributed by atoms with Crippen molar-refractivity contribution in [2.75, 3.05) is 22.4 Å². The molecule has 0 aliphatic heterocycles. The Labute approximate surface area is 151 Å². The number of hydrogen-bond acceptors (Lipinski definition) is 3. The summed E-state index contributed by atoms with van der Waals surface area (Å²) in [5, 5.41) is 2.74. The molecule has 0 aliphatic rings. The van der Waals surface area contributed by atoms with Gasteiger partial charge in [0.2, 0.25) is 15.9 Å². The molecule has 0 bridgehead atoms. The quantitative estimate of drug-likeness (QED) is 0.833. The molecule has 0 saturated carbocycles. The van der Waals surface area contributed by atoms with E-state index >= 15 is 0 Å². The minimum atomic E-state index is -3.77. The van der Waals surface area contributed by atoms with E-state index in [9.17, 15) is 22.0 Å². The molecule has 5 nitrogen and oxygen atoms in total. The first kappa shape index (κ1) is 19.8. The lowest BCUT2D eigenvalue weighted by Gasteiger charge is -2.22. The molecule has 2 rings (SSSR count). The Kier molecular flexibility index (Phi) is 5.97. The molecule has 0 heterocycles. The van der Waals surface area contributed by atoms with Gasteiger partial charge in [-0.05, 0) is 43.2 Å². The largest absolute Gasteiger partial charge is 0.326 e. The normalized spacial score (nSPS) is 11.3. The number of anilines is 2. The minimum absolute atomic E-state index is 0.0362. The summed E-state index contributed by atoms with van der Waals surface area (Å²) in [6.45, 7) is 3.54. The Hall–Kier alpha value is -2.48. The van der Waals surface area contributed by atoms with Crippen LogP contribution in [0.5, 0.6) is 0 Å². The van der Waals surface area contributed by atoms with Gasteiger partial charge in [-0.15, -0.1) is 0 Å². The maximum atomic E-state index is 13.4. The van der Waals surface area contributed by atoms with Crippen molar-refractivity contribution in [1.82, 2.24) is 0 Å². The fraction of sp³-hybridized carbons (Fsp3) is 0.278. The topological polar surface area (TPSA) is 66.5 Å². The van der Waals surface area contributed by atoms with Crippen LogP contribution in [0.3, 0.4) is 0 Å². The summed E-state index contributed by atoms with van der Waals surface area (Å²) in [5.41, 5.74) is 2.47. The highest BCUT2D eigenvalue weighted by Gasteiger charge is 2.20. The van der Waals surface area contributed by atoms with Gasteiger partial charge < -0.3 is 5.32 Å². The van der Waals surface area contributed by atoms with Crippen LogP contribution < -0.4 is 9.62 Å². The average molecular weight is 382 g/mol. The average Bonchev–Trinajstić information content (AvgIpc) is 2.53. The van der Waals surface area contributed by atoms with E-state index in [2.05, 4.69) is 5.32 Å². The number of rotatable bonds is 6. The molecular weight excluding hydrogens is 362 g/mol. The van der Waals surface area contributed by atoms with Crippen molar-refractivity contribution in [2.24, 2.45) is 0 Å². The van der Waals surface area contributed by atoms with Crippen LogP contribution in [-0.4, -0.2) is 27.1 Å². The lowest BCUT2D eigenvalue weighted by molar-refractivity contribution is -0.116. The van der Waals surface area contributed by atoms with Crippen molar-refractivity contribution in [3.63, 3.8) is 0 Å². The first-order chi connectivity index (χ1) is 12.1. The number of carbonyl (C=O) groups is 1. The number of nitrogens with one attached hydrogen (secondary N) is 1. The molecule has 0 radical (unpaired) electrons. The van der Waals surface area contributed by atoms with Crippen LogP contribution >= 0.6 is 0 Å². The Morgan fingerprint density at radius 3 is 2.38 bits per heavy atom. The number of benzene rings is 2. The second kappa shape index (κ2) is 7.82. The van der Waals surface area contributed by atoms with E-state index in [0.29, 0.717) is 5.69 Å². The zero-order chi connectivity index (χ0) is 19.5. The monoisotopic (exact) mass is 382 g/mol. The minimum Gasteiger partial charge on any atom is -0.326 e. The second-order valence-corrected chi connectivity index (χ2v) is 7.96.